The standard InChI is InChI=1S/C12H20O/c1-10(2)8-12(13)9-11-6-4-3-5-7-11/h4,6,10-11H,3,5,7-9H2,1-2H3. The van der Waals surface area contributed by atoms with E-state index in [4.69, 9.17) is 0 Å². The largest absolute Gasteiger partial charge is 0.300 e. The van der Waals surface area contributed by atoms with Crippen molar-refractivity contribution in [3.05, 3.63) is 12.2 Å². The molecule has 0 aromatic carbocycles. The predicted octanol–water partition coefficient (Wildman–Crippen LogP) is 3.35. The Labute approximate surface area is 81.2 Å². The molecule has 0 aliphatic heterocycles. The zero-order valence-electron chi connectivity index (χ0n) is 8.75. The summed E-state index contributed by atoms with van der Waals surface area (Å²) in [6, 6.07) is 0. The minimum atomic E-state index is 0.437. The van der Waals surface area contributed by atoms with Gasteiger partial charge in [-0.25, -0.2) is 0 Å². The van der Waals surface area contributed by atoms with E-state index in [1.54, 1.807) is 0 Å². The van der Waals surface area contributed by atoms with Gasteiger partial charge in [-0.05, 0) is 31.1 Å². The van der Waals surface area contributed by atoms with Crippen molar-refractivity contribution in [3.63, 3.8) is 0 Å². The first-order valence-electron chi connectivity index (χ1n) is 5.37. The Morgan fingerprint density at radius 1 is 1.54 bits per heavy atom. The second-order valence-corrected chi connectivity index (χ2v) is 4.46. The van der Waals surface area contributed by atoms with Crippen LogP contribution in [0.5, 0.6) is 0 Å². The summed E-state index contributed by atoms with van der Waals surface area (Å²) in [4.78, 5) is 11.5. The van der Waals surface area contributed by atoms with Crippen LogP contribution in [-0.4, -0.2) is 5.78 Å². The Kier molecular flexibility index (Phi) is 4.20. The molecule has 1 aliphatic rings. The van der Waals surface area contributed by atoms with E-state index in [0.29, 0.717) is 17.6 Å². The number of hydrogen-bond acceptors (Lipinski definition) is 1. The molecule has 0 aromatic heterocycles. The lowest BCUT2D eigenvalue weighted by Crippen LogP contribution is -2.10. The van der Waals surface area contributed by atoms with Crippen molar-refractivity contribution in [1.29, 1.82) is 0 Å². The fraction of sp³-hybridized carbons (Fsp3) is 0.750. The van der Waals surface area contributed by atoms with Crippen molar-refractivity contribution in [2.75, 3.05) is 0 Å². The highest BCUT2D eigenvalue weighted by molar-refractivity contribution is 5.79. The number of hydrogen-bond donors (Lipinski definition) is 0. The van der Waals surface area contributed by atoms with Crippen molar-refractivity contribution in [1.82, 2.24) is 0 Å². The lowest BCUT2D eigenvalue weighted by Gasteiger charge is -2.15. The highest BCUT2D eigenvalue weighted by Crippen LogP contribution is 2.21. The third-order valence-electron chi connectivity index (χ3n) is 2.48. The molecule has 0 bridgehead atoms. The number of carbonyl (C=O) groups excluding carboxylic acids is 1. The van der Waals surface area contributed by atoms with Crippen molar-refractivity contribution >= 4 is 5.78 Å². The third kappa shape index (κ3) is 4.25. The Morgan fingerprint density at radius 3 is 2.85 bits per heavy atom. The molecule has 74 valence electrons. The first kappa shape index (κ1) is 10.5. The summed E-state index contributed by atoms with van der Waals surface area (Å²) in [6.07, 6.45) is 9.64. The molecular formula is C12H20O. The van der Waals surface area contributed by atoms with E-state index in [1.165, 1.54) is 19.3 Å². The summed E-state index contributed by atoms with van der Waals surface area (Å²) in [5, 5.41) is 0. The molecule has 1 heteroatoms. The van der Waals surface area contributed by atoms with Crippen molar-refractivity contribution in [3.8, 4) is 0 Å². The number of rotatable bonds is 4. The monoisotopic (exact) mass is 180 g/mol. The molecule has 1 rings (SSSR count). The van der Waals surface area contributed by atoms with Gasteiger partial charge in [-0.2, -0.15) is 0 Å². The molecule has 0 heterocycles. The number of Topliss-reactive ketones (excluding diaryl/α,β-unsaturated/α-hetero) is 1. The van der Waals surface area contributed by atoms with E-state index in [0.717, 1.165) is 12.8 Å². The summed E-state index contributed by atoms with van der Waals surface area (Å²) >= 11 is 0. The Morgan fingerprint density at radius 2 is 2.31 bits per heavy atom. The lowest BCUT2D eigenvalue weighted by molar-refractivity contribution is -0.120. The van der Waals surface area contributed by atoms with E-state index in [9.17, 15) is 4.79 Å². The molecule has 0 aromatic rings. The van der Waals surface area contributed by atoms with Gasteiger partial charge in [0.25, 0.3) is 0 Å². The van der Waals surface area contributed by atoms with Gasteiger partial charge in [0.05, 0.1) is 0 Å². The molecule has 0 spiro atoms. The molecule has 1 nitrogen and oxygen atoms in total. The van der Waals surface area contributed by atoms with Gasteiger partial charge in [0.15, 0.2) is 0 Å². The zero-order valence-corrected chi connectivity index (χ0v) is 8.75. The van der Waals surface area contributed by atoms with Crippen molar-refractivity contribution < 1.29 is 4.79 Å². The maximum absolute atomic E-state index is 11.5. The molecule has 1 atom stereocenters. The van der Waals surface area contributed by atoms with Gasteiger partial charge in [-0.1, -0.05) is 26.0 Å². The van der Waals surface area contributed by atoms with E-state index >= 15 is 0 Å². The van der Waals surface area contributed by atoms with Crippen LogP contribution in [0.25, 0.3) is 0 Å². The zero-order chi connectivity index (χ0) is 9.68. The van der Waals surface area contributed by atoms with Crippen LogP contribution in [0.2, 0.25) is 0 Å². The van der Waals surface area contributed by atoms with Gasteiger partial charge >= 0.3 is 0 Å². The van der Waals surface area contributed by atoms with Crippen molar-refractivity contribution in [2.24, 2.45) is 11.8 Å². The topological polar surface area (TPSA) is 17.1 Å². The Hall–Kier alpha value is -0.590. The van der Waals surface area contributed by atoms with E-state index in [1.807, 2.05) is 0 Å². The smallest absolute Gasteiger partial charge is 0.133 e. The molecule has 1 unspecified atom stereocenters. The third-order valence-corrected chi connectivity index (χ3v) is 2.48. The molecule has 0 amide bonds. The average molecular weight is 180 g/mol. The second kappa shape index (κ2) is 5.21. The molecule has 0 N–H and O–H groups in total. The first-order valence-corrected chi connectivity index (χ1v) is 5.37. The summed E-state index contributed by atoms with van der Waals surface area (Å²) in [5.41, 5.74) is 0. The quantitative estimate of drug-likeness (QED) is 0.606. The highest BCUT2D eigenvalue weighted by Gasteiger charge is 2.13. The molecule has 0 saturated carbocycles. The van der Waals surface area contributed by atoms with E-state index in [-0.39, 0.29) is 0 Å². The maximum Gasteiger partial charge on any atom is 0.133 e. The van der Waals surface area contributed by atoms with Crippen LogP contribution >= 0.6 is 0 Å². The minimum Gasteiger partial charge on any atom is -0.300 e. The van der Waals surface area contributed by atoms with Crippen LogP contribution in [0.3, 0.4) is 0 Å². The minimum absolute atomic E-state index is 0.437. The summed E-state index contributed by atoms with van der Waals surface area (Å²) in [5.74, 6) is 1.49. The van der Waals surface area contributed by atoms with E-state index in [2.05, 4.69) is 26.0 Å². The van der Waals surface area contributed by atoms with Crippen LogP contribution in [-0.2, 0) is 4.79 Å². The number of carbonyl (C=O) groups is 1. The second-order valence-electron chi connectivity index (χ2n) is 4.46. The van der Waals surface area contributed by atoms with Gasteiger partial charge in [0, 0.05) is 12.8 Å². The van der Waals surface area contributed by atoms with E-state index < -0.39 is 0 Å². The first-order chi connectivity index (χ1) is 6.18. The van der Waals surface area contributed by atoms with Crippen LogP contribution in [0.15, 0.2) is 12.2 Å². The highest BCUT2D eigenvalue weighted by atomic mass is 16.1. The fourth-order valence-electron chi connectivity index (χ4n) is 1.88. The van der Waals surface area contributed by atoms with Crippen LogP contribution < -0.4 is 0 Å². The number of ketones is 1. The van der Waals surface area contributed by atoms with Crippen molar-refractivity contribution in [2.45, 2.75) is 46.0 Å². The average Bonchev–Trinajstić information content (AvgIpc) is 2.04. The Balaban J connectivity index is 2.26. The lowest BCUT2D eigenvalue weighted by atomic mass is 9.89. The molecule has 0 saturated heterocycles. The summed E-state index contributed by atoms with van der Waals surface area (Å²) in [7, 11) is 0. The molecular weight excluding hydrogens is 160 g/mol. The predicted molar refractivity (Wildman–Crippen MR) is 55.6 cm³/mol. The van der Waals surface area contributed by atoms with Gasteiger partial charge in [-0.3, -0.25) is 4.79 Å². The SMILES string of the molecule is CC(C)CC(=O)CC1C=CCCC1. The molecule has 0 fully saturated rings. The summed E-state index contributed by atoms with van der Waals surface area (Å²) in [6.45, 7) is 4.21. The van der Waals surface area contributed by atoms with Crippen LogP contribution in [0.4, 0.5) is 0 Å². The maximum atomic E-state index is 11.5. The van der Waals surface area contributed by atoms with Crippen LogP contribution in [0, 0.1) is 11.8 Å². The van der Waals surface area contributed by atoms with Crippen LogP contribution in [0.1, 0.15) is 46.0 Å². The Bertz CT molecular complexity index is 191. The van der Waals surface area contributed by atoms with Gasteiger partial charge in [0.1, 0.15) is 5.78 Å². The van der Waals surface area contributed by atoms with Gasteiger partial charge < -0.3 is 0 Å². The molecule has 13 heavy (non-hydrogen) atoms. The molecule has 0 radical (unpaired) electrons. The van der Waals surface area contributed by atoms with Gasteiger partial charge in [-0.15, -0.1) is 0 Å². The molecule has 1 aliphatic carbocycles. The normalized spacial score (nSPS) is 22.2. The van der Waals surface area contributed by atoms with Gasteiger partial charge in [0.2, 0.25) is 0 Å². The summed E-state index contributed by atoms with van der Waals surface area (Å²) < 4.78 is 0. The number of allylic oxidation sites excluding steroid dienone is 2. The fourth-order valence-corrected chi connectivity index (χ4v) is 1.88.